The van der Waals surface area contributed by atoms with Gasteiger partial charge in [0.05, 0.1) is 41.7 Å². The van der Waals surface area contributed by atoms with Crippen molar-refractivity contribution >= 4 is 69.3 Å². The third-order valence-corrected chi connectivity index (χ3v) is 8.20. The molecule has 1 aliphatic rings. The number of hydrogen-bond acceptors (Lipinski definition) is 9. The number of carbonyl (C=O) groups excluding carboxylic acids is 3. The van der Waals surface area contributed by atoms with Crippen LogP contribution >= 0.6 is 45.2 Å². The number of esters is 1. The van der Waals surface area contributed by atoms with Crippen molar-refractivity contribution in [2.75, 3.05) is 26.9 Å². The Morgan fingerprint density at radius 1 is 0.957 bits per heavy atom. The molecule has 12 nitrogen and oxygen atoms in total. The average Bonchev–Trinajstić information content (AvgIpc) is 3.04. The summed E-state index contributed by atoms with van der Waals surface area (Å²) in [5.74, 6) is 0.732. The molecule has 0 fully saturated rings. The van der Waals surface area contributed by atoms with Crippen molar-refractivity contribution in [3.05, 3.63) is 89.7 Å². The zero-order valence-electron chi connectivity index (χ0n) is 26.1. The van der Waals surface area contributed by atoms with Crippen LogP contribution in [0.15, 0.2) is 71.0 Å². The highest BCUT2D eigenvalue weighted by molar-refractivity contribution is 14.1. The van der Waals surface area contributed by atoms with Crippen molar-refractivity contribution in [2.24, 2.45) is 5.10 Å². The largest absolute Gasteiger partial charge is 0.493 e. The molecule has 47 heavy (non-hydrogen) atoms. The number of methoxy groups -OCH3 is 1. The van der Waals surface area contributed by atoms with Gasteiger partial charge in [-0.1, -0.05) is 18.2 Å². The van der Waals surface area contributed by atoms with E-state index in [1.165, 1.54) is 13.3 Å². The van der Waals surface area contributed by atoms with Crippen LogP contribution in [0.5, 0.6) is 23.0 Å². The number of benzene rings is 3. The third-order valence-electron chi connectivity index (χ3n) is 6.68. The van der Waals surface area contributed by atoms with E-state index in [0.29, 0.717) is 47.3 Å². The Balaban J connectivity index is 1.38. The molecule has 0 bridgehead atoms. The summed E-state index contributed by atoms with van der Waals surface area (Å²) in [5.41, 5.74) is 5.42. The van der Waals surface area contributed by atoms with Crippen LogP contribution in [0.25, 0.3) is 0 Å². The topological polar surface area (TPSA) is 146 Å². The summed E-state index contributed by atoms with van der Waals surface area (Å²) in [4.78, 5) is 37.4. The second kappa shape index (κ2) is 17.2. The first-order valence-electron chi connectivity index (χ1n) is 14.5. The number of allylic oxidation sites excluding steroid dienone is 1. The molecule has 0 radical (unpaired) electrons. The number of carbonyl (C=O) groups is 3. The molecule has 1 heterocycles. The highest BCUT2D eigenvalue weighted by Gasteiger charge is 2.32. The molecule has 3 aromatic rings. The predicted octanol–water partition coefficient (Wildman–Crippen LogP) is 5.60. The first-order chi connectivity index (χ1) is 22.6. The van der Waals surface area contributed by atoms with Crippen molar-refractivity contribution in [3.8, 4) is 23.0 Å². The summed E-state index contributed by atoms with van der Waals surface area (Å²) >= 11 is 4.44. The Bertz CT molecular complexity index is 1680. The van der Waals surface area contributed by atoms with Gasteiger partial charge in [0.1, 0.15) is 6.61 Å². The van der Waals surface area contributed by atoms with Crippen LogP contribution in [0, 0.1) is 7.14 Å². The zero-order chi connectivity index (χ0) is 33.9. The lowest BCUT2D eigenvalue weighted by Crippen LogP contribution is -2.45. The fraction of sp³-hybridized carbons (Fsp3) is 0.273. The smallest absolute Gasteiger partial charge is 0.338 e. The molecule has 248 valence electrons. The van der Waals surface area contributed by atoms with Gasteiger partial charge in [-0.3, -0.25) is 4.79 Å². The van der Waals surface area contributed by atoms with E-state index in [0.717, 1.165) is 12.7 Å². The number of nitrogens with zero attached hydrogens (tertiary/aromatic N) is 1. The predicted molar refractivity (Wildman–Crippen MR) is 192 cm³/mol. The van der Waals surface area contributed by atoms with Gasteiger partial charge in [0, 0.05) is 9.27 Å². The number of hydrazone groups is 1. The Morgan fingerprint density at radius 2 is 1.72 bits per heavy atom. The van der Waals surface area contributed by atoms with E-state index in [1.54, 1.807) is 38.1 Å². The van der Waals surface area contributed by atoms with Crippen molar-refractivity contribution in [1.29, 1.82) is 0 Å². The van der Waals surface area contributed by atoms with Crippen LogP contribution in [0.2, 0.25) is 0 Å². The highest BCUT2D eigenvalue weighted by atomic mass is 127. The molecule has 1 aliphatic heterocycles. The van der Waals surface area contributed by atoms with Crippen LogP contribution < -0.4 is 35.0 Å². The first kappa shape index (κ1) is 35.8. The second-order valence-corrected chi connectivity index (χ2v) is 12.4. The molecule has 0 saturated carbocycles. The molecule has 0 saturated heterocycles. The SMILES string of the molecule is CCOC(=O)C1=C(C)NC(=O)N[C@H]1c1ccc(OCC(=O)N/N=C\c2cc(I)c(OCc3ccc(I)cc3)c(OCC)c2)c(OC)c1. The molecule has 0 aromatic heterocycles. The van der Waals surface area contributed by atoms with Gasteiger partial charge in [0.25, 0.3) is 5.91 Å². The maximum Gasteiger partial charge on any atom is 0.338 e. The first-order valence-corrected chi connectivity index (χ1v) is 16.7. The van der Waals surface area contributed by atoms with Crippen LogP contribution in [0.3, 0.4) is 0 Å². The van der Waals surface area contributed by atoms with E-state index >= 15 is 0 Å². The van der Waals surface area contributed by atoms with Crippen molar-refractivity contribution in [3.63, 3.8) is 0 Å². The van der Waals surface area contributed by atoms with Crippen molar-refractivity contribution in [2.45, 2.75) is 33.4 Å². The maximum atomic E-state index is 12.6. The van der Waals surface area contributed by atoms with E-state index in [1.807, 2.05) is 37.3 Å². The summed E-state index contributed by atoms with van der Waals surface area (Å²) in [5, 5.41) is 9.41. The van der Waals surface area contributed by atoms with E-state index < -0.39 is 23.9 Å². The lowest BCUT2D eigenvalue weighted by Gasteiger charge is -2.28. The lowest BCUT2D eigenvalue weighted by molar-refractivity contribution is -0.139. The van der Waals surface area contributed by atoms with Gasteiger partial charge < -0.3 is 34.3 Å². The van der Waals surface area contributed by atoms with Crippen LogP contribution in [-0.4, -0.2) is 51.1 Å². The number of nitrogens with one attached hydrogen (secondary N) is 3. The average molecular weight is 868 g/mol. The summed E-state index contributed by atoms with van der Waals surface area (Å²) in [6, 6.07) is 15.4. The quantitative estimate of drug-likeness (QED) is 0.0823. The van der Waals surface area contributed by atoms with Gasteiger partial charge in [-0.05, 0) is 119 Å². The molecule has 0 unspecified atom stereocenters. The lowest BCUT2D eigenvalue weighted by atomic mass is 9.95. The molecule has 3 N–H and O–H groups in total. The van der Waals surface area contributed by atoms with Crippen LogP contribution in [0.1, 0.15) is 43.5 Å². The minimum Gasteiger partial charge on any atom is -0.493 e. The normalized spacial score (nSPS) is 14.3. The molecule has 0 spiro atoms. The molecular weight excluding hydrogens is 834 g/mol. The van der Waals surface area contributed by atoms with E-state index in [4.69, 9.17) is 23.7 Å². The van der Waals surface area contributed by atoms with Gasteiger partial charge in [-0.15, -0.1) is 0 Å². The Kier molecular flexibility index (Phi) is 13.1. The number of halogens is 2. The molecule has 0 aliphatic carbocycles. The fourth-order valence-electron chi connectivity index (χ4n) is 4.56. The van der Waals surface area contributed by atoms with E-state index in [-0.39, 0.29) is 24.5 Å². The highest BCUT2D eigenvalue weighted by Crippen LogP contribution is 2.36. The summed E-state index contributed by atoms with van der Waals surface area (Å²) in [7, 11) is 1.45. The number of hydrogen-bond donors (Lipinski definition) is 3. The number of ether oxygens (including phenoxy) is 5. The fourth-order valence-corrected chi connectivity index (χ4v) is 5.70. The Hall–Kier alpha value is -4.06. The van der Waals surface area contributed by atoms with Gasteiger partial charge >= 0.3 is 12.0 Å². The monoisotopic (exact) mass is 868 g/mol. The van der Waals surface area contributed by atoms with Gasteiger partial charge in [0.2, 0.25) is 0 Å². The molecule has 1 atom stereocenters. The molecule has 3 amide bonds. The zero-order valence-corrected chi connectivity index (χ0v) is 30.5. The number of amides is 3. The van der Waals surface area contributed by atoms with Crippen LogP contribution in [0.4, 0.5) is 4.79 Å². The summed E-state index contributed by atoms with van der Waals surface area (Å²) in [6.07, 6.45) is 1.50. The Labute approximate surface area is 299 Å². The van der Waals surface area contributed by atoms with E-state index in [9.17, 15) is 14.4 Å². The number of rotatable bonds is 14. The van der Waals surface area contributed by atoms with Gasteiger partial charge in [-0.25, -0.2) is 15.0 Å². The van der Waals surface area contributed by atoms with Crippen LogP contribution in [-0.2, 0) is 20.9 Å². The molecule has 14 heteroatoms. The third kappa shape index (κ3) is 9.73. The van der Waals surface area contributed by atoms with E-state index in [2.05, 4.69) is 66.3 Å². The minimum absolute atomic E-state index is 0.183. The van der Waals surface area contributed by atoms with Gasteiger partial charge in [0.15, 0.2) is 29.6 Å². The molecular formula is C33H34I2N4O8. The van der Waals surface area contributed by atoms with Gasteiger partial charge in [-0.2, -0.15) is 5.10 Å². The number of urea groups is 1. The standard InChI is InChI=1S/C33H34I2N4O8/c1-5-44-27-14-21(13-24(35)31(27)47-17-20-7-10-23(34)11-8-20)16-36-39-28(40)18-46-25-12-9-22(15-26(25)43-4)30-29(32(41)45-6-2)19(3)37-33(42)38-30/h7-16,30H,5-6,17-18H2,1-4H3,(H,39,40)(H2,37,38,42)/b36-16-/t30-/m0/s1. The minimum atomic E-state index is -0.775. The van der Waals surface area contributed by atoms with Crippen molar-refractivity contribution in [1.82, 2.24) is 16.1 Å². The van der Waals surface area contributed by atoms with Crippen molar-refractivity contribution < 1.29 is 38.1 Å². The molecule has 3 aromatic carbocycles. The molecule has 4 rings (SSSR count). The second-order valence-electron chi connectivity index (χ2n) is 9.96. The summed E-state index contributed by atoms with van der Waals surface area (Å²) in [6.45, 7) is 5.90. The maximum absolute atomic E-state index is 12.6. The summed E-state index contributed by atoms with van der Waals surface area (Å²) < 4.78 is 30.3. The Morgan fingerprint density at radius 3 is 2.43 bits per heavy atom.